The Morgan fingerprint density at radius 3 is 2.33 bits per heavy atom. The zero-order chi connectivity index (χ0) is 24.9. The number of benzene rings is 4. The fourth-order valence-corrected chi connectivity index (χ4v) is 5.32. The first-order valence-corrected chi connectivity index (χ1v) is 12.4. The lowest BCUT2D eigenvalue weighted by atomic mass is 9.77. The van der Waals surface area contributed by atoms with E-state index in [0.717, 1.165) is 41.0 Å². The number of rotatable bonds is 5. The van der Waals surface area contributed by atoms with E-state index in [-0.39, 0.29) is 5.97 Å². The summed E-state index contributed by atoms with van der Waals surface area (Å²) in [4.78, 5) is 15.2. The molecule has 0 fully saturated rings. The number of nitrogens with zero attached hydrogens (tertiary/aromatic N) is 1. The van der Waals surface area contributed by atoms with Crippen molar-refractivity contribution in [1.29, 1.82) is 0 Å². The molecule has 0 aromatic heterocycles. The van der Waals surface area contributed by atoms with E-state index in [1.807, 2.05) is 42.5 Å². The number of esters is 1. The van der Waals surface area contributed by atoms with Gasteiger partial charge in [0.2, 0.25) is 0 Å². The Bertz CT molecular complexity index is 1480. The highest BCUT2D eigenvalue weighted by molar-refractivity contribution is 6.30. The molecule has 2 heterocycles. The average molecular weight is 497 g/mol. The van der Waals surface area contributed by atoms with E-state index in [1.54, 1.807) is 18.2 Å². The van der Waals surface area contributed by atoms with Crippen LogP contribution in [0, 0.1) is 0 Å². The number of hydrogen-bond donors (Lipinski definition) is 1. The van der Waals surface area contributed by atoms with Crippen LogP contribution in [-0.2, 0) is 10.3 Å². The van der Waals surface area contributed by atoms with Crippen molar-refractivity contribution in [2.75, 3.05) is 23.8 Å². The number of carbonyl (C=O) groups excluding carboxylic acids is 1. The van der Waals surface area contributed by atoms with Crippen LogP contribution in [0.15, 0.2) is 84.9 Å². The summed E-state index contributed by atoms with van der Waals surface area (Å²) in [6.45, 7) is 3.18. The quantitative estimate of drug-likeness (QED) is 0.290. The normalized spacial score (nSPS) is 17.0. The second kappa shape index (κ2) is 8.61. The summed E-state index contributed by atoms with van der Waals surface area (Å²) in [7, 11) is 2.10. The van der Waals surface area contributed by atoms with Crippen LogP contribution in [0.4, 0.5) is 17.1 Å². The second-order valence-electron chi connectivity index (χ2n) is 9.16. The van der Waals surface area contributed by atoms with E-state index < -0.39 is 5.60 Å². The number of ether oxygens (including phenoxy) is 2. The predicted octanol–water partition coefficient (Wildman–Crippen LogP) is 7.50. The topological polar surface area (TPSA) is 50.8 Å². The fraction of sp³-hybridized carbons (Fsp3) is 0.167. The Hall–Kier alpha value is -3.96. The van der Waals surface area contributed by atoms with E-state index in [0.29, 0.717) is 22.1 Å². The summed E-state index contributed by atoms with van der Waals surface area (Å²) >= 11 is 6.32. The van der Waals surface area contributed by atoms with Crippen molar-refractivity contribution in [3.8, 4) is 11.5 Å². The molecular weight excluding hydrogens is 472 g/mol. The Kier molecular flexibility index (Phi) is 5.38. The van der Waals surface area contributed by atoms with E-state index in [9.17, 15) is 4.79 Å². The van der Waals surface area contributed by atoms with Crippen LogP contribution >= 0.6 is 11.6 Å². The molecule has 2 aliphatic heterocycles. The Labute approximate surface area is 215 Å². The van der Waals surface area contributed by atoms with E-state index in [2.05, 4.69) is 48.5 Å². The third-order valence-electron chi connectivity index (χ3n) is 6.83. The Balaban J connectivity index is 1.41. The molecule has 4 aromatic rings. The molecule has 1 spiro atoms. The zero-order valence-corrected chi connectivity index (χ0v) is 20.8. The number of halogens is 1. The lowest BCUT2D eigenvalue weighted by Crippen LogP contribution is -2.33. The SMILES string of the molecule is CCCN(C)c1ccc(Nc2ccc3c(c2)Oc2cc(Cl)ccc2C32OC(=O)c3ccccc32)cc1. The number of fused-ring (bicyclic) bond motifs is 6. The van der Waals surface area contributed by atoms with Gasteiger partial charge in [0.05, 0.1) is 5.56 Å². The fourth-order valence-electron chi connectivity index (χ4n) is 5.16. The molecule has 6 rings (SSSR count). The van der Waals surface area contributed by atoms with Gasteiger partial charge in [0.25, 0.3) is 0 Å². The summed E-state index contributed by atoms with van der Waals surface area (Å²) in [6.07, 6.45) is 1.10. The van der Waals surface area contributed by atoms with Gasteiger partial charge in [0.1, 0.15) is 11.5 Å². The first-order valence-electron chi connectivity index (χ1n) is 12.0. The molecule has 180 valence electrons. The van der Waals surface area contributed by atoms with Crippen molar-refractivity contribution in [1.82, 2.24) is 0 Å². The van der Waals surface area contributed by atoms with Gasteiger partial charge in [-0.3, -0.25) is 0 Å². The predicted molar refractivity (Wildman–Crippen MR) is 143 cm³/mol. The smallest absolute Gasteiger partial charge is 0.340 e. The molecule has 2 aliphatic rings. The highest BCUT2D eigenvalue weighted by Gasteiger charge is 2.53. The van der Waals surface area contributed by atoms with Gasteiger partial charge in [-0.05, 0) is 67.1 Å². The molecule has 0 radical (unpaired) electrons. The van der Waals surface area contributed by atoms with Crippen LogP contribution in [0.2, 0.25) is 5.02 Å². The molecule has 5 nitrogen and oxygen atoms in total. The highest BCUT2D eigenvalue weighted by Crippen LogP contribution is 2.56. The summed E-state index contributed by atoms with van der Waals surface area (Å²) < 4.78 is 12.5. The number of hydrogen-bond acceptors (Lipinski definition) is 5. The first kappa shape index (κ1) is 22.5. The third kappa shape index (κ3) is 3.50. The molecule has 0 aliphatic carbocycles. The maximum atomic E-state index is 12.9. The van der Waals surface area contributed by atoms with Crippen LogP contribution in [0.25, 0.3) is 0 Å². The maximum Gasteiger partial charge on any atom is 0.340 e. The van der Waals surface area contributed by atoms with Gasteiger partial charge in [0.15, 0.2) is 5.60 Å². The molecule has 1 unspecified atom stereocenters. The van der Waals surface area contributed by atoms with E-state index in [1.165, 1.54) is 5.69 Å². The summed E-state index contributed by atoms with van der Waals surface area (Å²) in [6, 6.07) is 27.2. The molecule has 36 heavy (non-hydrogen) atoms. The molecule has 0 saturated carbocycles. The molecule has 0 amide bonds. The van der Waals surface area contributed by atoms with Gasteiger partial charge >= 0.3 is 5.97 Å². The Morgan fingerprint density at radius 1 is 0.861 bits per heavy atom. The molecular formula is C30H25ClN2O3. The number of anilines is 3. The van der Waals surface area contributed by atoms with Gasteiger partial charge in [-0.25, -0.2) is 4.79 Å². The average Bonchev–Trinajstić information content (AvgIpc) is 3.17. The van der Waals surface area contributed by atoms with E-state index >= 15 is 0 Å². The van der Waals surface area contributed by atoms with Gasteiger partial charge in [-0.1, -0.05) is 36.7 Å². The minimum absolute atomic E-state index is 0.352. The molecule has 4 aromatic carbocycles. The first-order chi connectivity index (χ1) is 17.5. The van der Waals surface area contributed by atoms with Gasteiger partial charge < -0.3 is 19.7 Å². The largest absolute Gasteiger partial charge is 0.456 e. The van der Waals surface area contributed by atoms with Gasteiger partial charge in [-0.2, -0.15) is 0 Å². The van der Waals surface area contributed by atoms with Crippen LogP contribution in [0.1, 0.15) is 40.4 Å². The number of carbonyl (C=O) groups is 1. The molecule has 0 saturated heterocycles. The summed E-state index contributed by atoms with van der Waals surface area (Å²) in [5.74, 6) is 0.827. The zero-order valence-electron chi connectivity index (χ0n) is 20.0. The van der Waals surface area contributed by atoms with Gasteiger partial charge in [-0.15, -0.1) is 0 Å². The van der Waals surface area contributed by atoms with Crippen molar-refractivity contribution in [2.24, 2.45) is 0 Å². The van der Waals surface area contributed by atoms with E-state index in [4.69, 9.17) is 21.1 Å². The van der Waals surface area contributed by atoms with Crippen molar-refractivity contribution in [3.63, 3.8) is 0 Å². The van der Waals surface area contributed by atoms with Crippen LogP contribution in [-0.4, -0.2) is 19.6 Å². The highest BCUT2D eigenvalue weighted by atomic mass is 35.5. The van der Waals surface area contributed by atoms with Crippen molar-refractivity contribution < 1.29 is 14.3 Å². The Morgan fingerprint density at radius 2 is 1.56 bits per heavy atom. The van der Waals surface area contributed by atoms with Crippen LogP contribution in [0.3, 0.4) is 0 Å². The lowest BCUT2D eigenvalue weighted by molar-refractivity contribution is 0.0224. The molecule has 6 heteroatoms. The molecule has 1 N–H and O–H groups in total. The summed E-state index contributed by atoms with van der Waals surface area (Å²) in [5, 5.41) is 4.01. The minimum Gasteiger partial charge on any atom is -0.456 e. The minimum atomic E-state index is -1.09. The van der Waals surface area contributed by atoms with Crippen molar-refractivity contribution >= 4 is 34.6 Å². The summed E-state index contributed by atoms with van der Waals surface area (Å²) in [5.41, 5.74) is 4.80. The maximum absolute atomic E-state index is 12.9. The second-order valence-corrected chi connectivity index (χ2v) is 9.60. The third-order valence-corrected chi connectivity index (χ3v) is 7.07. The molecule has 0 bridgehead atoms. The van der Waals surface area contributed by atoms with Crippen molar-refractivity contribution in [2.45, 2.75) is 18.9 Å². The standard InChI is InChI=1S/C30H25ClN2O3/c1-3-16-33(2)22-12-9-20(10-13-22)32-21-11-15-26-28(18-21)35-27-17-19(31)8-14-25(27)30(26)24-7-5-4-6-23(24)29(34)36-30/h4-15,17-18,32H,3,16H2,1-2H3. The monoisotopic (exact) mass is 496 g/mol. The lowest BCUT2D eigenvalue weighted by Gasteiger charge is -2.36. The number of nitrogens with one attached hydrogen (secondary N) is 1. The van der Waals surface area contributed by atoms with Gasteiger partial charge in [0, 0.05) is 58.4 Å². The molecule has 1 atom stereocenters. The van der Waals surface area contributed by atoms with Crippen LogP contribution < -0.4 is 15.0 Å². The van der Waals surface area contributed by atoms with Crippen molar-refractivity contribution in [3.05, 3.63) is 112 Å². The van der Waals surface area contributed by atoms with Crippen LogP contribution in [0.5, 0.6) is 11.5 Å².